The van der Waals surface area contributed by atoms with Gasteiger partial charge in [0.2, 0.25) is 5.92 Å². The number of rotatable bonds is 2. The molecule has 0 spiro atoms. The summed E-state index contributed by atoms with van der Waals surface area (Å²) in [5.41, 5.74) is 1.10. The maximum absolute atomic E-state index is 12.9. The molecule has 1 aliphatic carbocycles. The van der Waals surface area contributed by atoms with Crippen LogP contribution < -0.4 is 0 Å². The fraction of sp³-hybridized carbons (Fsp3) is 0.818. The molecule has 0 radical (unpaired) electrons. The molecule has 0 nitrogen and oxygen atoms in total. The third-order valence-corrected chi connectivity index (χ3v) is 3.37. The van der Waals surface area contributed by atoms with Crippen LogP contribution in [0.5, 0.6) is 0 Å². The smallest absolute Gasteiger partial charge is 0.207 e. The summed E-state index contributed by atoms with van der Waals surface area (Å²) in [4.78, 5) is 0. The van der Waals surface area contributed by atoms with Crippen molar-refractivity contribution in [3.05, 3.63) is 12.2 Å². The van der Waals surface area contributed by atoms with Crippen LogP contribution in [0.2, 0.25) is 0 Å². The molecule has 0 amide bonds. The number of allylic oxidation sites excluding steroid dienone is 1. The summed E-state index contributed by atoms with van der Waals surface area (Å²) in [7, 11) is 0. The fourth-order valence-corrected chi connectivity index (χ4v) is 1.95. The van der Waals surface area contributed by atoms with E-state index in [1.54, 1.807) is 0 Å². The quantitative estimate of drug-likeness (QED) is 0.570. The zero-order valence-corrected chi connectivity index (χ0v) is 8.50. The number of hydrogen-bond acceptors (Lipinski definition) is 0. The summed E-state index contributed by atoms with van der Waals surface area (Å²) in [5.74, 6) is -2.42. The molecule has 1 saturated carbocycles. The lowest BCUT2D eigenvalue weighted by Gasteiger charge is -2.38. The van der Waals surface area contributed by atoms with Crippen LogP contribution in [0.3, 0.4) is 0 Å². The standard InChI is InChI=1S/C11H18F2/c1-4-9(2)10(3)5-7-11(12,13)8-6-10/h2,4-8H2,1,3H3. The highest BCUT2D eigenvalue weighted by atomic mass is 19.3. The van der Waals surface area contributed by atoms with Crippen molar-refractivity contribution in [2.45, 2.75) is 51.9 Å². The van der Waals surface area contributed by atoms with Crippen molar-refractivity contribution >= 4 is 0 Å². The molecule has 2 heteroatoms. The predicted molar refractivity (Wildman–Crippen MR) is 51.0 cm³/mol. The third kappa shape index (κ3) is 2.29. The Morgan fingerprint density at radius 3 is 2.08 bits per heavy atom. The van der Waals surface area contributed by atoms with E-state index in [1.165, 1.54) is 0 Å². The molecule has 0 bridgehead atoms. The monoisotopic (exact) mass is 188 g/mol. The van der Waals surface area contributed by atoms with Crippen LogP contribution in [0.1, 0.15) is 46.0 Å². The van der Waals surface area contributed by atoms with Crippen LogP contribution in [0.15, 0.2) is 12.2 Å². The molecule has 0 aromatic heterocycles. The first kappa shape index (κ1) is 10.7. The van der Waals surface area contributed by atoms with E-state index < -0.39 is 5.92 Å². The second kappa shape index (κ2) is 3.39. The topological polar surface area (TPSA) is 0 Å². The Labute approximate surface area is 79.0 Å². The van der Waals surface area contributed by atoms with Crippen molar-refractivity contribution in [3.63, 3.8) is 0 Å². The van der Waals surface area contributed by atoms with Gasteiger partial charge in [-0.05, 0) is 24.7 Å². The summed E-state index contributed by atoms with van der Waals surface area (Å²) in [5, 5.41) is 0. The van der Waals surface area contributed by atoms with Gasteiger partial charge < -0.3 is 0 Å². The number of hydrogen-bond donors (Lipinski definition) is 0. The average Bonchev–Trinajstić information content (AvgIpc) is 2.09. The van der Waals surface area contributed by atoms with Gasteiger partial charge in [-0.15, -0.1) is 0 Å². The van der Waals surface area contributed by atoms with Gasteiger partial charge in [0.25, 0.3) is 0 Å². The molecule has 0 aliphatic heterocycles. The summed E-state index contributed by atoms with van der Waals surface area (Å²) in [6, 6.07) is 0. The Morgan fingerprint density at radius 2 is 1.69 bits per heavy atom. The van der Waals surface area contributed by atoms with Crippen LogP contribution in [-0.2, 0) is 0 Å². The maximum atomic E-state index is 12.9. The molecule has 1 rings (SSSR count). The van der Waals surface area contributed by atoms with Gasteiger partial charge in [-0.3, -0.25) is 0 Å². The van der Waals surface area contributed by atoms with E-state index >= 15 is 0 Å². The van der Waals surface area contributed by atoms with E-state index in [2.05, 4.69) is 13.5 Å². The summed E-state index contributed by atoms with van der Waals surface area (Å²) in [6.45, 7) is 8.08. The zero-order chi connectivity index (χ0) is 10.1. The minimum absolute atomic E-state index is 0.0303. The van der Waals surface area contributed by atoms with Crippen molar-refractivity contribution in [1.82, 2.24) is 0 Å². The normalized spacial score (nSPS) is 25.5. The van der Waals surface area contributed by atoms with Crippen molar-refractivity contribution in [2.75, 3.05) is 0 Å². The molecule has 0 unspecified atom stereocenters. The van der Waals surface area contributed by atoms with Gasteiger partial charge in [0.15, 0.2) is 0 Å². The fourth-order valence-electron chi connectivity index (χ4n) is 1.95. The molecule has 0 saturated heterocycles. The highest BCUT2D eigenvalue weighted by Crippen LogP contribution is 2.47. The van der Waals surface area contributed by atoms with E-state index in [0.717, 1.165) is 12.0 Å². The molecule has 0 heterocycles. The van der Waals surface area contributed by atoms with Crippen molar-refractivity contribution < 1.29 is 8.78 Å². The van der Waals surface area contributed by atoms with Crippen molar-refractivity contribution in [1.29, 1.82) is 0 Å². The van der Waals surface area contributed by atoms with Crippen LogP contribution in [0.25, 0.3) is 0 Å². The first-order valence-corrected chi connectivity index (χ1v) is 4.96. The predicted octanol–water partition coefficient (Wildman–Crippen LogP) is 4.17. The van der Waals surface area contributed by atoms with E-state index in [-0.39, 0.29) is 18.3 Å². The van der Waals surface area contributed by atoms with Crippen LogP contribution in [-0.4, -0.2) is 5.92 Å². The zero-order valence-electron chi connectivity index (χ0n) is 8.50. The number of halogens is 2. The van der Waals surface area contributed by atoms with Crippen LogP contribution in [0.4, 0.5) is 8.78 Å². The summed E-state index contributed by atoms with van der Waals surface area (Å²) >= 11 is 0. The lowest BCUT2D eigenvalue weighted by atomic mass is 9.69. The second-order valence-electron chi connectivity index (χ2n) is 4.37. The Balaban J connectivity index is 2.61. The Bertz CT molecular complexity index is 196. The molecule has 0 N–H and O–H groups in total. The molecule has 1 fully saturated rings. The number of alkyl halides is 2. The minimum Gasteiger partial charge on any atom is -0.207 e. The van der Waals surface area contributed by atoms with Gasteiger partial charge in [0, 0.05) is 12.8 Å². The molecule has 13 heavy (non-hydrogen) atoms. The third-order valence-electron chi connectivity index (χ3n) is 3.37. The van der Waals surface area contributed by atoms with Crippen LogP contribution in [0, 0.1) is 5.41 Å². The van der Waals surface area contributed by atoms with Gasteiger partial charge in [-0.25, -0.2) is 8.78 Å². The highest BCUT2D eigenvalue weighted by molar-refractivity contribution is 5.10. The van der Waals surface area contributed by atoms with E-state index in [0.29, 0.717) is 12.8 Å². The molecular formula is C11H18F2. The molecular weight excluding hydrogens is 170 g/mol. The first-order valence-electron chi connectivity index (χ1n) is 4.96. The maximum Gasteiger partial charge on any atom is 0.248 e. The van der Waals surface area contributed by atoms with Gasteiger partial charge in [-0.2, -0.15) is 0 Å². The van der Waals surface area contributed by atoms with E-state index in [4.69, 9.17) is 0 Å². The van der Waals surface area contributed by atoms with Gasteiger partial charge in [0.1, 0.15) is 0 Å². The van der Waals surface area contributed by atoms with Gasteiger partial charge in [0.05, 0.1) is 0 Å². The van der Waals surface area contributed by atoms with Gasteiger partial charge in [-0.1, -0.05) is 26.0 Å². The lowest BCUT2D eigenvalue weighted by Crippen LogP contribution is -2.32. The Kier molecular flexibility index (Phi) is 2.79. The largest absolute Gasteiger partial charge is 0.248 e. The molecule has 0 aromatic carbocycles. The second-order valence-corrected chi connectivity index (χ2v) is 4.37. The molecule has 1 aliphatic rings. The lowest BCUT2D eigenvalue weighted by molar-refractivity contribution is -0.0569. The van der Waals surface area contributed by atoms with Crippen molar-refractivity contribution in [2.24, 2.45) is 5.41 Å². The molecule has 0 atom stereocenters. The molecule has 0 aromatic rings. The minimum atomic E-state index is -2.42. The van der Waals surface area contributed by atoms with Crippen LogP contribution >= 0.6 is 0 Å². The van der Waals surface area contributed by atoms with E-state index in [1.807, 2.05) is 6.92 Å². The SMILES string of the molecule is C=C(CC)C1(C)CCC(F)(F)CC1. The Morgan fingerprint density at radius 1 is 1.23 bits per heavy atom. The van der Waals surface area contributed by atoms with Crippen molar-refractivity contribution in [3.8, 4) is 0 Å². The Hall–Kier alpha value is -0.400. The first-order chi connectivity index (χ1) is 5.90. The summed E-state index contributed by atoms with van der Waals surface area (Å²) < 4.78 is 25.8. The van der Waals surface area contributed by atoms with Gasteiger partial charge >= 0.3 is 0 Å². The average molecular weight is 188 g/mol. The molecule has 76 valence electrons. The highest BCUT2D eigenvalue weighted by Gasteiger charge is 2.41. The van der Waals surface area contributed by atoms with E-state index in [9.17, 15) is 8.78 Å². The summed E-state index contributed by atoms with van der Waals surface area (Å²) in [6.07, 6.45) is 2.15.